The Morgan fingerprint density at radius 2 is 1.65 bits per heavy atom. The van der Waals surface area contributed by atoms with Crippen molar-refractivity contribution >= 4 is 5.78 Å². The molecule has 0 spiro atoms. The first-order valence-corrected chi connectivity index (χ1v) is 5.94. The third-order valence-electron chi connectivity index (χ3n) is 2.80. The first-order valence-electron chi connectivity index (χ1n) is 5.94. The number of carbonyl (C=O) groups excluding carboxylic acids is 1. The van der Waals surface area contributed by atoms with E-state index >= 15 is 0 Å². The van der Waals surface area contributed by atoms with Crippen LogP contribution in [0.4, 0.5) is 13.2 Å². The maximum atomic E-state index is 12.1. The summed E-state index contributed by atoms with van der Waals surface area (Å²) in [5, 5.41) is 0. The maximum Gasteiger partial charge on any atom is 0.401 e. The predicted molar refractivity (Wildman–Crippen MR) is 58.9 cm³/mol. The molecule has 3 nitrogen and oxygen atoms in total. The van der Waals surface area contributed by atoms with Gasteiger partial charge in [0.1, 0.15) is 5.78 Å². The van der Waals surface area contributed by atoms with E-state index in [9.17, 15) is 18.0 Å². The molecule has 0 saturated carbocycles. The second kappa shape index (κ2) is 6.35. The molecular formula is C11H19F3N2O. The van der Waals surface area contributed by atoms with Crippen molar-refractivity contribution in [3.05, 3.63) is 0 Å². The van der Waals surface area contributed by atoms with Crippen molar-refractivity contribution in [1.29, 1.82) is 0 Å². The highest BCUT2D eigenvalue weighted by Gasteiger charge is 2.32. The average Bonchev–Trinajstić information content (AvgIpc) is 2.19. The molecule has 1 rings (SSSR count). The summed E-state index contributed by atoms with van der Waals surface area (Å²) < 4.78 is 36.4. The molecule has 0 radical (unpaired) electrons. The van der Waals surface area contributed by atoms with Gasteiger partial charge < -0.3 is 0 Å². The first-order chi connectivity index (χ1) is 7.90. The molecule has 17 heavy (non-hydrogen) atoms. The molecular weight excluding hydrogens is 233 g/mol. The summed E-state index contributed by atoms with van der Waals surface area (Å²) in [5.74, 6) is 0.178. The third kappa shape index (κ3) is 6.02. The van der Waals surface area contributed by atoms with E-state index in [-0.39, 0.29) is 5.78 Å². The largest absolute Gasteiger partial charge is 0.401 e. The molecule has 0 aromatic carbocycles. The highest BCUT2D eigenvalue weighted by atomic mass is 19.4. The van der Waals surface area contributed by atoms with Gasteiger partial charge in [0.05, 0.1) is 13.1 Å². The second-order valence-electron chi connectivity index (χ2n) is 4.46. The van der Waals surface area contributed by atoms with Gasteiger partial charge in [0, 0.05) is 32.6 Å². The molecule has 0 amide bonds. The van der Waals surface area contributed by atoms with E-state index in [2.05, 4.69) is 0 Å². The van der Waals surface area contributed by atoms with Crippen LogP contribution in [0, 0.1) is 0 Å². The first kappa shape index (κ1) is 14.4. The number of Topliss-reactive ketones (excluding diaryl/α,β-unsaturated/α-hetero) is 1. The fourth-order valence-electron chi connectivity index (χ4n) is 1.97. The van der Waals surface area contributed by atoms with Gasteiger partial charge in [0.15, 0.2) is 0 Å². The molecule has 1 heterocycles. The number of alkyl halides is 3. The molecule has 0 aliphatic carbocycles. The zero-order valence-electron chi connectivity index (χ0n) is 10.1. The summed E-state index contributed by atoms with van der Waals surface area (Å²) in [4.78, 5) is 14.7. The van der Waals surface area contributed by atoms with E-state index < -0.39 is 12.7 Å². The third-order valence-corrected chi connectivity index (χ3v) is 2.80. The van der Waals surface area contributed by atoms with Gasteiger partial charge in [-0.15, -0.1) is 0 Å². The van der Waals surface area contributed by atoms with E-state index in [1.54, 1.807) is 0 Å². The number of ketones is 1. The summed E-state index contributed by atoms with van der Waals surface area (Å²) in [6.07, 6.45) is -2.74. The number of hydrogen-bond acceptors (Lipinski definition) is 3. The molecule has 0 aromatic rings. The molecule has 0 N–H and O–H groups in total. The van der Waals surface area contributed by atoms with Crippen LogP contribution in [0.25, 0.3) is 0 Å². The van der Waals surface area contributed by atoms with Crippen molar-refractivity contribution < 1.29 is 18.0 Å². The van der Waals surface area contributed by atoms with Gasteiger partial charge in [0.25, 0.3) is 0 Å². The Morgan fingerprint density at radius 3 is 2.12 bits per heavy atom. The van der Waals surface area contributed by atoms with Gasteiger partial charge in [-0.05, 0) is 6.42 Å². The van der Waals surface area contributed by atoms with Crippen molar-refractivity contribution in [2.45, 2.75) is 25.9 Å². The number of nitrogens with zero attached hydrogens (tertiary/aromatic N) is 2. The summed E-state index contributed by atoms with van der Waals surface area (Å²) >= 11 is 0. The number of rotatable bonds is 5. The maximum absolute atomic E-state index is 12.1. The summed E-state index contributed by atoms with van der Waals surface area (Å²) in [5.41, 5.74) is 0. The molecule has 0 bridgehead atoms. The fraction of sp³-hybridized carbons (Fsp3) is 0.909. The SMILES string of the molecule is CCCC(=O)CN1CCN(CC(F)(F)F)CC1. The van der Waals surface area contributed by atoms with Crippen LogP contribution in [0.3, 0.4) is 0 Å². The lowest BCUT2D eigenvalue weighted by molar-refractivity contribution is -0.149. The van der Waals surface area contributed by atoms with E-state index in [0.29, 0.717) is 39.1 Å². The highest BCUT2D eigenvalue weighted by Crippen LogP contribution is 2.17. The molecule has 1 saturated heterocycles. The van der Waals surface area contributed by atoms with Gasteiger partial charge in [-0.1, -0.05) is 6.92 Å². The van der Waals surface area contributed by atoms with E-state index in [4.69, 9.17) is 0 Å². The van der Waals surface area contributed by atoms with Crippen LogP contribution in [-0.4, -0.2) is 61.0 Å². The van der Waals surface area contributed by atoms with E-state index in [1.165, 1.54) is 4.90 Å². The number of hydrogen-bond donors (Lipinski definition) is 0. The Morgan fingerprint density at radius 1 is 1.12 bits per heavy atom. The molecule has 6 heteroatoms. The van der Waals surface area contributed by atoms with Crippen molar-refractivity contribution in [1.82, 2.24) is 9.80 Å². The molecule has 1 fully saturated rings. The minimum Gasteiger partial charge on any atom is -0.298 e. The number of halogens is 3. The van der Waals surface area contributed by atoms with E-state index in [0.717, 1.165) is 6.42 Å². The topological polar surface area (TPSA) is 23.6 Å². The van der Waals surface area contributed by atoms with Crippen LogP contribution in [-0.2, 0) is 4.79 Å². The van der Waals surface area contributed by atoms with Crippen LogP contribution >= 0.6 is 0 Å². The minimum atomic E-state index is -4.12. The molecule has 1 aliphatic heterocycles. The van der Waals surface area contributed by atoms with E-state index in [1.807, 2.05) is 11.8 Å². The van der Waals surface area contributed by atoms with Gasteiger partial charge in [-0.3, -0.25) is 14.6 Å². The molecule has 0 unspecified atom stereocenters. The quantitative estimate of drug-likeness (QED) is 0.741. The summed E-state index contributed by atoms with van der Waals surface area (Å²) in [7, 11) is 0. The normalized spacial score (nSPS) is 19.5. The monoisotopic (exact) mass is 252 g/mol. The van der Waals surface area contributed by atoms with Gasteiger partial charge in [0.2, 0.25) is 0 Å². The molecule has 0 aromatic heterocycles. The Bertz CT molecular complexity index is 248. The van der Waals surface area contributed by atoms with Crippen LogP contribution in [0.1, 0.15) is 19.8 Å². The average molecular weight is 252 g/mol. The van der Waals surface area contributed by atoms with Crippen molar-refractivity contribution in [3.8, 4) is 0 Å². The lowest BCUT2D eigenvalue weighted by Crippen LogP contribution is -2.50. The molecule has 100 valence electrons. The number of piperazine rings is 1. The van der Waals surface area contributed by atoms with Gasteiger partial charge in [-0.25, -0.2) is 0 Å². The minimum absolute atomic E-state index is 0.178. The Hall–Kier alpha value is -0.620. The lowest BCUT2D eigenvalue weighted by Gasteiger charge is -2.34. The van der Waals surface area contributed by atoms with Crippen LogP contribution in [0.5, 0.6) is 0 Å². The van der Waals surface area contributed by atoms with Crippen molar-refractivity contribution in [2.24, 2.45) is 0 Å². The van der Waals surface area contributed by atoms with Crippen LogP contribution < -0.4 is 0 Å². The van der Waals surface area contributed by atoms with Crippen molar-refractivity contribution in [2.75, 3.05) is 39.3 Å². The van der Waals surface area contributed by atoms with Crippen molar-refractivity contribution in [3.63, 3.8) is 0 Å². The van der Waals surface area contributed by atoms with Crippen LogP contribution in [0.2, 0.25) is 0 Å². The summed E-state index contributed by atoms with van der Waals surface area (Å²) in [6, 6.07) is 0. The predicted octanol–water partition coefficient (Wildman–Crippen LogP) is 1.54. The fourth-order valence-corrected chi connectivity index (χ4v) is 1.97. The van der Waals surface area contributed by atoms with Gasteiger partial charge >= 0.3 is 6.18 Å². The number of carbonyl (C=O) groups is 1. The Labute approximate surface area is 99.6 Å². The zero-order chi connectivity index (χ0) is 12.9. The summed E-state index contributed by atoms with van der Waals surface area (Å²) in [6.45, 7) is 3.35. The second-order valence-corrected chi connectivity index (χ2v) is 4.46. The Kier molecular flexibility index (Phi) is 5.39. The van der Waals surface area contributed by atoms with Crippen LogP contribution in [0.15, 0.2) is 0 Å². The lowest BCUT2D eigenvalue weighted by atomic mass is 10.2. The smallest absolute Gasteiger partial charge is 0.298 e. The highest BCUT2D eigenvalue weighted by molar-refractivity contribution is 5.80. The standard InChI is InChI=1S/C11H19F3N2O/c1-2-3-10(17)8-15-4-6-16(7-5-15)9-11(12,13)14/h2-9H2,1H3. The zero-order valence-corrected chi connectivity index (χ0v) is 10.1. The Balaban J connectivity index is 2.24. The molecule has 0 atom stereocenters. The van der Waals surface area contributed by atoms with Gasteiger partial charge in [-0.2, -0.15) is 13.2 Å². The molecule has 1 aliphatic rings.